The van der Waals surface area contributed by atoms with E-state index in [1.165, 1.54) is 16.3 Å². The van der Waals surface area contributed by atoms with Crippen LogP contribution < -0.4 is 5.32 Å². The molecular formula is C17H17N3. The molecule has 3 heteroatoms. The van der Waals surface area contributed by atoms with Crippen LogP contribution in [0.15, 0.2) is 61.1 Å². The second-order valence-corrected chi connectivity index (χ2v) is 4.82. The molecule has 0 spiro atoms. The monoisotopic (exact) mass is 263 g/mol. The van der Waals surface area contributed by atoms with Crippen LogP contribution in [0.2, 0.25) is 0 Å². The molecule has 0 aliphatic carbocycles. The van der Waals surface area contributed by atoms with E-state index in [2.05, 4.69) is 39.6 Å². The number of benzene rings is 1. The Morgan fingerprint density at radius 1 is 1.05 bits per heavy atom. The fourth-order valence-electron chi connectivity index (χ4n) is 2.51. The van der Waals surface area contributed by atoms with Gasteiger partial charge in [0.05, 0.1) is 0 Å². The number of hydrogen-bond donors (Lipinski definition) is 1. The summed E-state index contributed by atoms with van der Waals surface area (Å²) in [5.74, 6) is 0. The SMILES string of the molecule is CNC(Cc1ccccn1)c1cncc2ccccc12. The van der Waals surface area contributed by atoms with Gasteiger partial charge < -0.3 is 5.32 Å². The molecule has 3 rings (SSSR count). The summed E-state index contributed by atoms with van der Waals surface area (Å²) in [7, 11) is 1.98. The highest BCUT2D eigenvalue weighted by Gasteiger charge is 2.14. The van der Waals surface area contributed by atoms with Gasteiger partial charge in [-0.05, 0) is 30.1 Å². The first-order valence-electron chi connectivity index (χ1n) is 6.78. The van der Waals surface area contributed by atoms with Crippen LogP contribution in [0.25, 0.3) is 10.8 Å². The third kappa shape index (κ3) is 2.53. The molecule has 1 atom stereocenters. The van der Waals surface area contributed by atoms with Gasteiger partial charge in [0, 0.05) is 42.1 Å². The highest BCUT2D eigenvalue weighted by atomic mass is 14.9. The third-order valence-corrected chi connectivity index (χ3v) is 3.56. The van der Waals surface area contributed by atoms with Gasteiger partial charge in [-0.3, -0.25) is 9.97 Å². The Hall–Kier alpha value is -2.26. The first-order valence-corrected chi connectivity index (χ1v) is 6.78. The second-order valence-electron chi connectivity index (χ2n) is 4.82. The van der Waals surface area contributed by atoms with Gasteiger partial charge in [0.25, 0.3) is 0 Å². The Labute approximate surface area is 118 Å². The minimum atomic E-state index is 0.212. The zero-order chi connectivity index (χ0) is 13.8. The molecule has 20 heavy (non-hydrogen) atoms. The predicted molar refractivity (Wildman–Crippen MR) is 81.5 cm³/mol. The maximum atomic E-state index is 4.41. The maximum absolute atomic E-state index is 4.41. The molecule has 1 N–H and O–H groups in total. The van der Waals surface area contributed by atoms with Crippen LogP contribution >= 0.6 is 0 Å². The summed E-state index contributed by atoms with van der Waals surface area (Å²) in [4.78, 5) is 8.77. The average Bonchev–Trinajstić information content (AvgIpc) is 2.53. The van der Waals surface area contributed by atoms with Crippen molar-refractivity contribution in [3.05, 3.63) is 72.3 Å². The molecular weight excluding hydrogens is 246 g/mol. The molecule has 0 saturated heterocycles. The molecule has 3 nitrogen and oxygen atoms in total. The van der Waals surface area contributed by atoms with E-state index in [4.69, 9.17) is 0 Å². The number of hydrogen-bond acceptors (Lipinski definition) is 3. The van der Waals surface area contributed by atoms with Crippen molar-refractivity contribution in [1.29, 1.82) is 0 Å². The van der Waals surface area contributed by atoms with Gasteiger partial charge in [0.2, 0.25) is 0 Å². The summed E-state index contributed by atoms with van der Waals surface area (Å²) in [6.07, 6.45) is 6.55. The Balaban J connectivity index is 1.99. The summed E-state index contributed by atoms with van der Waals surface area (Å²) in [5.41, 5.74) is 2.30. The van der Waals surface area contributed by atoms with Gasteiger partial charge in [-0.25, -0.2) is 0 Å². The maximum Gasteiger partial charge on any atom is 0.0422 e. The summed E-state index contributed by atoms with van der Waals surface area (Å²) in [6.45, 7) is 0. The standard InChI is InChI=1S/C17H17N3/c1-18-17(10-14-7-4-5-9-20-14)16-12-19-11-13-6-2-3-8-15(13)16/h2-9,11-12,17-18H,10H2,1H3. The predicted octanol–water partition coefficient (Wildman–Crippen LogP) is 3.13. The van der Waals surface area contributed by atoms with Crippen molar-refractivity contribution in [2.75, 3.05) is 7.05 Å². The molecule has 0 aliphatic heterocycles. The van der Waals surface area contributed by atoms with Gasteiger partial charge in [-0.15, -0.1) is 0 Å². The lowest BCUT2D eigenvalue weighted by atomic mass is 9.98. The normalized spacial score (nSPS) is 12.4. The number of pyridine rings is 2. The van der Waals surface area contributed by atoms with E-state index >= 15 is 0 Å². The van der Waals surface area contributed by atoms with Crippen molar-refractivity contribution in [1.82, 2.24) is 15.3 Å². The quantitative estimate of drug-likeness (QED) is 0.786. The van der Waals surface area contributed by atoms with E-state index in [1.54, 1.807) is 0 Å². The summed E-state index contributed by atoms with van der Waals surface area (Å²) in [6, 6.07) is 14.6. The molecule has 0 saturated carbocycles. The molecule has 0 bridgehead atoms. The summed E-state index contributed by atoms with van der Waals surface area (Å²) in [5, 5.41) is 5.80. The van der Waals surface area contributed by atoms with E-state index in [0.29, 0.717) is 0 Å². The van der Waals surface area contributed by atoms with Crippen LogP contribution in [0.4, 0.5) is 0 Å². The molecule has 0 aliphatic rings. The number of aromatic nitrogens is 2. The Morgan fingerprint density at radius 2 is 1.90 bits per heavy atom. The van der Waals surface area contributed by atoms with Crippen LogP contribution in [0.1, 0.15) is 17.3 Å². The van der Waals surface area contributed by atoms with Crippen molar-refractivity contribution in [3.63, 3.8) is 0 Å². The van der Waals surface area contributed by atoms with Crippen LogP contribution in [0.5, 0.6) is 0 Å². The lowest BCUT2D eigenvalue weighted by Gasteiger charge is -2.18. The van der Waals surface area contributed by atoms with Crippen molar-refractivity contribution in [2.24, 2.45) is 0 Å². The van der Waals surface area contributed by atoms with Crippen molar-refractivity contribution < 1.29 is 0 Å². The summed E-state index contributed by atoms with van der Waals surface area (Å²) < 4.78 is 0. The van der Waals surface area contributed by atoms with E-state index in [1.807, 2.05) is 43.8 Å². The van der Waals surface area contributed by atoms with E-state index in [9.17, 15) is 0 Å². The molecule has 0 fully saturated rings. The first-order chi connectivity index (χ1) is 9.88. The van der Waals surface area contributed by atoms with Crippen molar-refractivity contribution >= 4 is 10.8 Å². The average molecular weight is 263 g/mol. The number of nitrogens with one attached hydrogen (secondary N) is 1. The molecule has 1 aromatic carbocycles. The number of nitrogens with zero attached hydrogens (tertiary/aromatic N) is 2. The Bertz CT molecular complexity index is 689. The largest absolute Gasteiger partial charge is 0.313 e. The number of fused-ring (bicyclic) bond motifs is 1. The molecule has 2 aromatic heterocycles. The molecule has 100 valence electrons. The van der Waals surface area contributed by atoms with E-state index < -0.39 is 0 Å². The zero-order valence-electron chi connectivity index (χ0n) is 11.5. The fraction of sp³-hybridized carbons (Fsp3) is 0.176. The second kappa shape index (κ2) is 5.80. The highest BCUT2D eigenvalue weighted by molar-refractivity contribution is 5.85. The topological polar surface area (TPSA) is 37.8 Å². The van der Waals surface area contributed by atoms with E-state index in [-0.39, 0.29) is 6.04 Å². The minimum absolute atomic E-state index is 0.212. The molecule has 0 amide bonds. The molecule has 0 radical (unpaired) electrons. The van der Waals surface area contributed by atoms with Crippen LogP contribution in [-0.4, -0.2) is 17.0 Å². The third-order valence-electron chi connectivity index (χ3n) is 3.56. The molecule has 1 unspecified atom stereocenters. The first kappa shape index (κ1) is 12.8. The van der Waals surface area contributed by atoms with Crippen molar-refractivity contribution in [3.8, 4) is 0 Å². The van der Waals surface area contributed by atoms with Gasteiger partial charge in [0.15, 0.2) is 0 Å². The number of likely N-dealkylation sites (N-methyl/N-ethyl adjacent to an activating group) is 1. The van der Waals surface area contributed by atoms with E-state index in [0.717, 1.165) is 12.1 Å². The van der Waals surface area contributed by atoms with Crippen LogP contribution in [0.3, 0.4) is 0 Å². The Kier molecular flexibility index (Phi) is 3.70. The Morgan fingerprint density at radius 3 is 2.70 bits per heavy atom. The van der Waals surface area contributed by atoms with Gasteiger partial charge in [-0.2, -0.15) is 0 Å². The fourth-order valence-corrected chi connectivity index (χ4v) is 2.51. The molecule has 3 aromatic rings. The van der Waals surface area contributed by atoms with Crippen LogP contribution in [0, 0.1) is 0 Å². The van der Waals surface area contributed by atoms with Gasteiger partial charge >= 0.3 is 0 Å². The number of rotatable bonds is 4. The highest BCUT2D eigenvalue weighted by Crippen LogP contribution is 2.25. The lowest BCUT2D eigenvalue weighted by molar-refractivity contribution is 0.587. The van der Waals surface area contributed by atoms with Crippen molar-refractivity contribution in [2.45, 2.75) is 12.5 Å². The lowest BCUT2D eigenvalue weighted by Crippen LogP contribution is -2.19. The summed E-state index contributed by atoms with van der Waals surface area (Å²) >= 11 is 0. The molecule has 2 heterocycles. The zero-order valence-corrected chi connectivity index (χ0v) is 11.5. The van der Waals surface area contributed by atoms with Gasteiger partial charge in [0.1, 0.15) is 0 Å². The van der Waals surface area contributed by atoms with Crippen LogP contribution in [-0.2, 0) is 6.42 Å². The smallest absolute Gasteiger partial charge is 0.0422 e. The van der Waals surface area contributed by atoms with Gasteiger partial charge in [-0.1, -0.05) is 30.3 Å². The minimum Gasteiger partial charge on any atom is -0.313 e.